The molecule has 0 aliphatic carbocycles. The first-order valence-corrected chi connectivity index (χ1v) is 8.82. The lowest BCUT2D eigenvalue weighted by Gasteiger charge is -2.16. The number of ether oxygens (including phenoxy) is 2. The maximum Gasteiger partial charge on any atom is 0.573 e. The highest BCUT2D eigenvalue weighted by atomic mass is 19.4. The van der Waals surface area contributed by atoms with Crippen LogP contribution in [0.1, 0.15) is 25.0 Å². The average Bonchev–Trinajstić information content (AvgIpc) is 3.01. The first-order valence-electron chi connectivity index (χ1n) is 8.82. The minimum absolute atomic E-state index is 0.0782. The highest BCUT2D eigenvalue weighted by molar-refractivity contribution is 5.79. The fraction of sp³-hybridized carbons (Fsp3) is 0.350. The number of aliphatic hydroxyl groups is 1. The van der Waals surface area contributed by atoms with Crippen molar-refractivity contribution in [2.24, 2.45) is 5.92 Å². The lowest BCUT2D eigenvalue weighted by molar-refractivity contribution is -0.274. The number of halogens is 3. The van der Waals surface area contributed by atoms with E-state index in [1.165, 1.54) is 18.2 Å². The average molecular weight is 394 g/mol. The quantitative estimate of drug-likeness (QED) is 0.641. The predicted octanol–water partition coefficient (Wildman–Crippen LogP) is 4.51. The van der Waals surface area contributed by atoms with E-state index in [-0.39, 0.29) is 24.8 Å². The molecule has 0 spiro atoms. The maximum atomic E-state index is 12.6. The summed E-state index contributed by atoms with van der Waals surface area (Å²) in [5.74, 6) is 0.443. The molecular weight excluding hydrogens is 373 g/mol. The fourth-order valence-corrected chi connectivity index (χ4v) is 2.80. The third-order valence-electron chi connectivity index (χ3n) is 4.05. The summed E-state index contributed by atoms with van der Waals surface area (Å²) in [5, 5.41) is 14.4. The molecule has 5 nitrogen and oxygen atoms in total. The van der Waals surface area contributed by atoms with Gasteiger partial charge in [0.25, 0.3) is 0 Å². The van der Waals surface area contributed by atoms with E-state index in [0.717, 1.165) is 16.5 Å². The van der Waals surface area contributed by atoms with Crippen LogP contribution in [0.25, 0.3) is 10.9 Å². The summed E-state index contributed by atoms with van der Waals surface area (Å²) in [5.41, 5.74) is 2.08. The number of hydrogen-bond donors (Lipinski definition) is 1. The molecule has 1 heterocycles. The van der Waals surface area contributed by atoms with Crippen LogP contribution in [0.15, 0.2) is 42.6 Å². The molecule has 0 bridgehead atoms. The Kier molecular flexibility index (Phi) is 5.79. The molecule has 0 unspecified atom stereocenters. The first-order chi connectivity index (χ1) is 13.2. The molecule has 3 rings (SSSR count). The number of nitrogens with zero attached hydrogens (tertiary/aromatic N) is 2. The second-order valence-corrected chi connectivity index (χ2v) is 6.88. The molecule has 28 heavy (non-hydrogen) atoms. The van der Waals surface area contributed by atoms with Gasteiger partial charge >= 0.3 is 6.36 Å². The minimum Gasteiger partial charge on any atom is -0.493 e. The highest BCUT2D eigenvalue weighted by Crippen LogP contribution is 2.30. The number of aromatic nitrogens is 2. The monoisotopic (exact) mass is 394 g/mol. The van der Waals surface area contributed by atoms with Gasteiger partial charge in [0.2, 0.25) is 0 Å². The van der Waals surface area contributed by atoms with Crippen LogP contribution in [0.5, 0.6) is 11.5 Å². The van der Waals surface area contributed by atoms with E-state index in [2.05, 4.69) is 9.84 Å². The standard InChI is InChI=1S/C20H21F3N2O3/c1-13(2)12-27-19-6-4-17(28-20(21,22)23)8-16(19)10-25-18-5-3-14(11-26)7-15(18)9-24-25/h3-9,13,26H,10-12H2,1-2H3. The van der Waals surface area contributed by atoms with E-state index in [1.54, 1.807) is 16.9 Å². The summed E-state index contributed by atoms with van der Waals surface area (Å²) in [6, 6.07) is 9.45. The fourth-order valence-electron chi connectivity index (χ4n) is 2.80. The summed E-state index contributed by atoms with van der Waals surface area (Å²) in [4.78, 5) is 0. The molecule has 150 valence electrons. The molecule has 0 fully saturated rings. The number of benzene rings is 2. The largest absolute Gasteiger partial charge is 0.573 e. The predicted molar refractivity (Wildman–Crippen MR) is 98.2 cm³/mol. The Bertz CT molecular complexity index is 952. The first kappa shape index (κ1) is 20.0. The summed E-state index contributed by atoms with van der Waals surface area (Å²) < 4.78 is 49.3. The number of hydrogen-bond acceptors (Lipinski definition) is 4. The van der Waals surface area contributed by atoms with E-state index in [0.29, 0.717) is 17.9 Å². The summed E-state index contributed by atoms with van der Waals surface area (Å²) in [6.45, 7) is 4.54. The van der Waals surface area contributed by atoms with Crippen LogP contribution in [0, 0.1) is 5.92 Å². The van der Waals surface area contributed by atoms with Gasteiger partial charge in [-0.25, -0.2) is 0 Å². The number of fused-ring (bicyclic) bond motifs is 1. The third-order valence-corrected chi connectivity index (χ3v) is 4.05. The van der Waals surface area contributed by atoms with Gasteiger partial charge in [0.1, 0.15) is 11.5 Å². The van der Waals surface area contributed by atoms with E-state index in [1.807, 2.05) is 26.0 Å². The van der Waals surface area contributed by atoms with Gasteiger partial charge in [-0.3, -0.25) is 4.68 Å². The Morgan fingerprint density at radius 3 is 2.61 bits per heavy atom. The van der Waals surface area contributed by atoms with Crippen molar-refractivity contribution in [3.63, 3.8) is 0 Å². The zero-order chi connectivity index (χ0) is 20.3. The molecule has 0 saturated carbocycles. The topological polar surface area (TPSA) is 56.5 Å². The molecule has 2 aromatic carbocycles. The van der Waals surface area contributed by atoms with Crippen molar-refractivity contribution in [1.82, 2.24) is 9.78 Å². The normalized spacial score (nSPS) is 12.0. The van der Waals surface area contributed by atoms with Crippen molar-refractivity contribution in [3.05, 3.63) is 53.7 Å². The second kappa shape index (κ2) is 8.10. The maximum absolute atomic E-state index is 12.6. The molecule has 0 atom stereocenters. The third kappa shape index (κ3) is 4.95. The summed E-state index contributed by atoms with van der Waals surface area (Å²) >= 11 is 0. The van der Waals surface area contributed by atoms with Gasteiger partial charge in [-0.15, -0.1) is 13.2 Å². The van der Waals surface area contributed by atoms with Crippen molar-refractivity contribution in [1.29, 1.82) is 0 Å². The zero-order valence-corrected chi connectivity index (χ0v) is 15.5. The Hall–Kier alpha value is -2.74. The van der Waals surface area contributed by atoms with E-state index in [4.69, 9.17) is 4.74 Å². The number of rotatable bonds is 7. The molecular formula is C20H21F3N2O3. The Balaban J connectivity index is 1.94. The molecule has 0 saturated heterocycles. The second-order valence-electron chi connectivity index (χ2n) is 6.88. The number of alkyl halides is 3. The molecule has 1 aromatic heterocycles. The van der Waals surface area contributed by atoms with Crippen molar-refractivity contribution >= 4 is 10.9 Å². The highest BCUT2D eigenvalue weighted by Gasteiger charge is 2.31. The summed E-state index contributed by atoms with van der Waals surface area (Å²) in [7, 11) is 0. The Labute approximate surface area is 160 Å². The molecule has 1 N–H and O–H groups in total. The van der Waals surface area contributed by atoms with Crippen LogP contribution in [-0.2, 0) is 13.2 Å². The van der Waals surface area contributed by atoms with Gasteiger partial charge in [-0.05, 0) is 41.8 Å². The number of aliphatic hydroxyl groups excluding tert-OH is 1. The van der Waals surface area contributed by atoms with Crippen LogP contribution < -0.4 is 9.47 Å². The van der Waals surface area contributed by atoms with E-state index < -0.39 is 6.36 Å². The zero-order valence-electron chi connectivity index (χ0n) is 15.5. The molecule has 0 aliphatic rings. The molecule has 8 heteroatoms. The molecule has 0 aliphatic heterocycles. The van der Waals surface area contributed by atoms with Crippen molar-refractivity contribution in [2.75, 3.05) is 6.61 Å². The smallest absolute Gasteiger partial charge is 0.493 e. The van der Waals surface area contributed by atoms with Crippen molar-refractivity contribution in [2.45, 2.75) is 33.4 Å². The van der Waals surface area contributed by atoms with Crippen LogP contribution >= 0.6 is 0 Å². The van der Waals surface area contributed by atoms with Crippen LogP contribution in [0.4, 0.5) is 13.2 Å². The van der Waals surface area contributed by atoms with Gasteiger partial charge in [0.15, 0.2) is 0 Å². The van der Waals surface area contributed by atoms with E-state index >= 15 is 0 Å². The minimum atomic E-state index is -4.77. The van der Waals surface area contributed by atoms with Crippen molar-refractivity contribution in [3.8, 4) is 11.5 Å². The Morgan fingerprint density at radius 1 is 1.14 bits per heavy atom. The molecule has 0 radical (unpaired) electrons. The van der Waals surface area contributed by atoms with E-state index in [9.17, 15) is 18.3 Å². The van der Waals surface area contributed by atoms with Crippen LogP contribution in [0.2, 0.25) is 0 Å². The van der Waals surface area contributed by atoms with Gasteiger partial charge < -0.3 is 14.6 Å². The SMILES string of the molecule is CC(C)COc1ccc(OC(F)(F)F)cc1Cn1ncc2cc(CO)ccc21. The van der Waals surface area contributed by atoms with Gasteiger partial charge in [-0.1, -0.05) is 19.9 Å². The Morgan fingerprint density at radius 2 is 1.93 bits per heavy atom. The van der Waals surface area contributed by atoms with Gasteiger partial charge in [-0.2, -0.15) is 5.10 Å². The lowest BCUT2D eigenvalue weighted by Crippen LogP contribution is -2.17. The van der Waals surface area contributed by atoms with Gasteiger partial charge in [0, 0.05) is 10.9 Å². The van der Waals surface area contributed by atoms with Gasteiger partial charge in [0.05, 0.1) is 31.5 Å². The molecule has 3 aromatic rings. The van der Waals surface area contributed by atoms with Crippen molar-refractivity contribution < 1.29 is 27.8 Å². The molecule has 0 amide bonds. The van der Waals surface area contributed by atoms with Crippen LogP contribution in [-0.4, -0.2) is 27.9 Å². The lowest BCUT2D eigenvalue weighted by atomic mass is 10.1. The summed E-state index contributed by atoms with van der Waals surface area (Å²) in [6.07, 6.45) is -3.12. The van der Waals surface area contributed by atoms with Crippen LogP contribution in [0.3, 0.4) is 0 Å².